The second kappa shape index (κ2) is 6.09. The highest BCUT2D eigenvalue weighted by atomic mass is 19.1. The van der Waals surface area contributed by atoms with Crippen LogP contribution in [0.5, 0.6) is 11.5 Å². The summed E-state index contributed by atoms with van der Waals surface area (Å²) in [6.07, 6.45) is 0. The predicted molar refractivity (Wildman–Crippen MR) is 72.8 cm³/mol. The van der Waals surface area contributed by atoms with Crippen LogP contribution in [0.15, 0.2) is 42.5 Å². The lowest BCUT2D eigenvalue weighted by Crippen LogP contribution is -1.98. The number of hydrogen-bond donors (Lipinski definition) is 1. The van der Waals surface area contributed by atoms with Crippen molar-refractivity contribution in [2.75, 3.05) is 12.3 Å². The summed E-state index contributed by atoms with van der Waals surface area (Å²) >= 11 is 0. The van der Waals surface area contributed by atoms with Crippen molar-refractivity contribution in [1.82, 2.24) is 0 Å². The monoisotopic (exact) mass is 261 g/mol. The van der Waals surface area contributed by atoms with Gasteiger partial charge in [0, 0.05) is 11.8 Å². The maximum absolute atomic E-state index is 13.2. The van der Waals surface area contributed by atoms with Gasteiger partial charge in [-0.05, 0) is 42.8 Å². The molecule has 0 spiro atoms. The fraction of sp³-hybridized carbons (Fsp3) is 0.200. The van der Waals surface area contributed by atoms with E-state index in [4.69, 9.17) is 15.2 Å². The molecule has 0 aliphatic heterocycles. The van der Waals surface area contributed by atoms with Crippen LogP contribution in [0.3, 0.4) is 0 Å². The Hall–Kier alpha value is -2.23. The standard InChI is InChI=1S/C15H16FNO2/c1-2-18-14-4-3-5-15(9-14)19-10-11-6-12(16)8-13(17)7-11/h3-9H,2,10,17H2,1H3. The lowest BCUT2D eigenvalue weighted by molar-refractivity contribution is 0.299. The molecule has 2 N–H and O–H groups in total. The van der Waals surface area contributed by atoms with E-state index in [9.17, 15) is 4.39 Å². The van der Waals surface area contributed by atoms with Gasteiger partial charge in [0.15, 0.2) is 0 Å². The normalized spacial score (nSPS) is 10.2. The highest BCUT2D eigenvalue weighted by molar-refractivity contribution is 5.41. The van der Waals surface area contributed by atoms with Crippen molar-refractivity contribution in [1.29, 1.82) is 0 Å². The number of anilines is 1. The van der Waals surface area contributed by atoms with Crippen LogP contribution in [-0.2, 0) is 6.61 Å². The van der Waals surface area contributed by atoms with Crippen LogP contribution in [0, 0.1) is 5.82 Å². The Morgan fingerprint density at radius 2 is 1.79 bits per heavy atom. The topological polar surface area (TPSA) is 44.5 Å². The van der Waals surface area contributed by atoms with Crippen LogP contribution in [0.2, 0.25) is 0 Å². The van der Waals surface area contributed by atoms with Gasteiger partial charge in [0.05, 0.1) is 6.61 Å². The Morgan fingerprint density at radius 1 is 1.05 bits per heavy atom. The molecule has 0 fully saturated rings. The number of nitrogens with two attached hydrogens (primary N) is 1. The highest BCUT2D eigenvalue weighted by Crippen LogP contribution is 2.21. The lowest BCUT2D eigenvalue weighted by Gasteiger charge is -2.09. The van der Waals surface area contributed by atoms with Gasteiger partial charge in [-0.15, -0.1) is 0 Å². The number of nitrogen functional groups attached to an aromatic ring is 1. The fourth-order valence-electron chi connectivity index (χ4n) is 1.75. The van der Waals surface area contributed by atoms with E-state index < -0.39 is 0 Å². The van der Waals surface area contributed by atoms with E-state index in [1.807, 2.05) is 25.1 Å². The number of ether oxygens (including phenoxy) is 2. The SMILES string of the molecule is CCOc1cccc(OCc2cc(N)cc(F)c2)c1. The highest BCUT2D eigenvalue weighted by Gasteiger charge is 2.01. The molecule has 2 aromatic carbocycles. The van der Waals surface area contributed by atoms with E-state index >= 15 is 0 Å². The van der Waals surface area contributed by atoms with Gasteiger partial charge in [0.25, 0.3) is 0 Å². The molecule has 0 amide bonds. The molecular weight excluding hydrogens is 245 g/mol. The summed E-state index contributed by atoms with van der Waals surface area (Å²) < 4.78 is 24.1. The van der Waals surface area contributed by atoms with Crippen LogP contribution in [0.1, 0.15) is 12.5 Å². The summed E-state index contributed by atoms with van der Waals surface area (Å²) in [7, 11) is 0. The summed E-state index contributed by atoms with van der Waals surface area (Å²) in [5.41, 5.74) is 6.66. The lowest BCUT2D eigenvalue weighted by atomic mass is 10.2. The van der Waals surface area contributed by atoms with Crippen LogP contribution in [0.4, 0.5) is 10.1 Å². The molecule has 0 unspecified atom stereocenters. The first kappa shape index (κ1) is 13.2. The third-order valence-electron chi connectivity index (χ3n) is 2.50. The van der Waals surface area contributed by atoms with Crippen molar-refractivity contribution < 1.29 is 13.9 Å². The Bertz CT molecular complexity index is 537. The zero-order valence-corrected chi connectivity index (χ0v) is 10.7. The molecule has 4 heteroatoms. The van der Waals surface area contributed by atoms with Crippen molar-refractivity contribution in [3.8, 4) is 11.5 Å². The molecule has 0 radical (unpaired) electrons. The second-order valence-corrected chi connectivity index (χ2v) is 4.09. The van der Waals surface area contributed by atoms with Crippen LogP contribution in [0.25, 0.3) is 0 Å². The molecule has 0 heterocycles. The van der Waals surface area contributed by atoms with E-state index in [-0.39, 0.29) is 12.4 Å². The van der Waals surface area contributed by atoms with Crippen molar-refractivity contribution in [3.63, 3.8) is 0 Å². The van der Waals surface area contributed by atoms with Gasteiger partial charge in [0.1, 0.15) is 23.9 Å². The summed E-state index contributed by atoms with van der Waals surface area (Å²) in [6.45, 7) is 2.78. The first-order valence-electron chi connectivity index (χ1n) is 6.08. The average Bonchev–Trinajstić information content (AvgIpc) is 2.36. The van der Waals surface area contributed by atoms with Crippen molar-refractivity contribution in [2.24, 2.45) is 0 Å². The second-order valence-electron chi connectivity index (χ2n) is 4.09. The average molecular weight is 261 g/mol. The van der Waals surface area contributed by atoms with Gasteiger partial charge in [-0.3, -0.25) is 0 Å². The molecule has 3 nitrogen and oxygen atoms in total. The maximum atomic E-state index is 13.2. The molecular formula is C15H16FNO2. The van der Waals surface area contributed by atoms with Crippen LogP contribution < -0.4 is 15.2 Å². The molecule has 0 saturated heterocycles. The Balaban J connectivity index is 2.03. The van der Waals surface area contributed by atoms with Gasteiger partial charge in [0.2, 0.25) is 0 Å². The molecule has 100 valence electrons. The van der Waals surface area contributed by atoms with E-state index in [0.29, 0.717) is 23.6 Å². The van der Waals surface area contributed by atoms with Crippen molar-refractivity contribution >= 4 is 5.69 Å². The molecule has 19 heavy (non-hydrogen) atoms. The minimum atomic E-state index is -0.360. The van der Waals surface area contributed by atoms with Crippen molar-refractivity contribution in [2.45, 2.75) is 13.5 Å². The molecule has 2 aromatic rings. The van der Waals surface area contributed by atoms with Crippen molar-refractivity contribution in [3.05, 3.63) is 53.8 Å². The van der Waals surface area contributed by atoms with Crippen LogP contribution >= 0.6 is 0 Å². The molecule has 0 bridgehead atoms. The number of benzene rings is 2. The maximum Gasteiger partial charge on any atom is 0.125 e. The van der Waals surface area contributed by atoms with Gasteiger partial charge in [-0.2, -0.15) is 0 Å². The van der Waals surface area contributed by atoms with Gasteiger partial charge < -0.3 is 15.2 Å². The minimum absolute atomic E-state index is 0.261. The molecule has 0 aliphatic rings. The molecule has 0 aliphatic carbocycles. The molecule has 0 aromatic heterocycles. The molecule has 0 atom stereocenters. The largest absolute Gasteiger partial charge is 0.494 e. The zero-order chi connectivity index (χ0) is 13.7. The third-order valence-corrected chi connectivity index (χ3v) is 2.50. The first-order valence-corrected chi connectivity index (χ1v) is 6.08. The smallest absolute Gasteiger partial charge is 0.125 e. The van der Waals surface area contributed by atoms with Crippen LogP contribution in [-0.4, -0.2) is 6.61 Å². The van der Waals surface area contributed by atoms with E-state index in [1.54, 1.807) is 12.1 Å². The summed E-state index contributed by atoms with van der Waals surface area (Å²) in [5, 5.41) is 0. The van der Waals surface area contributed by atoms with E-state index in [0.717, 1.165) is 5.75 Å². The third kappa shape index (κ3) is 3.88. The molecule has 0 saturated carbocycles. The summed E-state index contributed by atoms with van der Waals surface area (Å²) in [6, 6.07) is 11.7. The summed E-state index contributed by atoms with van der Waals surface area (Å²) in [4.78, 5) is 0. The number of halogens is 1. The van der Waals surface area contributed by atoms with Gasteiger partial charge >= 0.3 is 0 Å². The minimum Gasteiger partial charge on any atom is -0.494 e. The fourth-order valence-corrected chi connectivity index (χ4v) is 1.75. The van der Waals surface area contributed by atoms with E-state index in [2.05, 4.69) is 0 Å². The Labute approximate surface area is 111 Å². The quantitative estimate of drug-likeness (QED) is 0.839. The zero-order valence-electron chi connectivity index (χ0n) is 10.7. The predicted octanol–water partition coefficient (Wildman–Crippen LogP) is 3.39. The summed E-state index contributed by atoms with van der Waals surface area (Å²) in [5.74, 6) is 1.06. The molecule has 2 rings (SSSR count). The number of hydrogen-bond acceptors (Lipinski definition) is 3. The number of rotatable bonds is 5. The van der Waals surface area contributed by atoms with Gasteiger partial charge in [-0.1, -0.05) is 6.07 Å². The Morgan fingerprint density at radius 3 is 2.47 bits per heavy atom. The van der Waals surface area contributed by atoms with E-state index in [1.165, 1.54) is 12.1 Å². The Kier molecular flexibility index (Phi) is 4.23. The van der Waals surface area contributed by atoms with Gasteiger partial charge in [-0.25, -0.2) is 4.39 Å². The first-order chi connectivity index (χ1) is 9.17.